The normalized spacial score (nSPS) is 26.9. The number of aliphatic hydroxyl groups is 1. The van der Waals surface area contributed by atoms with E-state index in [1.165, 1.54) is 6.07 Å². The Bertz CT molecular complexity index is 825. The van der Waals surface area contributed by atoms with Crippen molar-refractivity contribution in [3.8, 4) is 0 Å². The van der Waals surface area contributed by atoms with Crippen molar-refractivity contribution >= 4 is 6.09 Å². The molecule has 0 aromatic heterocycles. The molecule has 2 fully saturated rings. The van der Waals surface area contributed by atoms with Crippen LogP contribution in [-0.2, 0) is 16.9 Å². The lowest BCUT2D eigenvalue weighted by molar-refractivity contribution is -0.0557. The summed E-state index contributed by atoms with van der Waals surface area (Å²) < 4.78 is 19.9. The van der Waals surface area contributed by atoms with E-state index >= 15 is 0 Å². The summed E-state index contributed by atoms with van der Waals surface area (Å²) in [6.45, 7) is 2.11. The van der Waals surface area contributed by atoms with E-state index in [2.05, 4.69) is 0 Å². The Kier molecular flexibility index (Phi) is 4.64. The molecular weight excluding hydrogens is 345 g/mol. The van der Waals surface area contributed by atoms with Gasteiger partial charge >= 0.3 is 6.09 Å². The van der Waals surface area contributed by atoms with E-state index in [4.69, 9.17) is 4.74 Å². The Balaban J connectivity index is 1.48. The fourth-order valence-corrected chi connectivity index (χ4v) is 4.53. The molecule has 5 heteroatoms. The number of rotatable bonds is 3. The van der Waals surface area contributed by atoms with Gasteiger partial charge in [-0.15, -0.1) is 0 Å². The number of hydrogen-bond donors (Lipinski definition) is 1. The minimum Gasteiger partial charge on any atom is -0.445 e. The Hall–Kier alpha value is -2.40. The minimum atomic E-state index is -1.24. The number of piperidine rings is 1. The first kappa shape index (κ1) is 18.0. The summed E-state index contributed by atoms with van der Waals surface area (Å²) in [6, 6.07) is 14.1. The monoisotopic (exact) mass is 369 g/mol. The van der Waals surface area contributed by atoms with Crippen LogP contribution < -0.4 is 0 Å². The van der Waals surface area contributed by atoms with Gasteiger partial charge in [0, 0.05) is 30.5 Å². The molecule has 27 heavy (non-hydrogen) atoms. The van der Waals surface area contributed by atoms with Crippen molar-refractivity contribution in [1.29, 1.82) is 0 Å². The molecule has 1 N–H and O–H groups in total. The van der Waals surface area contributed by atoms with Crippen LogP contribution in [0.1, 0.15) is 42.4 Å². The van der Waals surface area contributed by atoms with Gasteiger partial charge in [-0.1, -0.05) is 48.0 Å². The maximum Gasteiger partial charge on any atom is 0.410 e. The molecule has 2 bridgehead atoms. The number of benzene rings is 2. The second kappa shape index (κ2) is 6.97. The number of halogens is 1. The molecule has 4 rings (SSSR count). The predicted molar refractivity (Wildman–Crippen MR) is 99.5 cm³/mol. The first-order chi connectivity index (χ1) is 13.0. The van der Waals surface area contributed by atoms with Crippen molar-refractivity contribution in [2.75, 3.05) is 0 Å². The fourth-order valence-electron chi connectivity index (χ4n) is 4.53. The van der Waals surface area contributed by atoms with E-state index < -0.39 is 5.60 Å². The third kappa shape index (κ3) is 3.44. The Morgan fingerprint density at radius 1 is 1.19 bits per heavy atom. The van der Waals surface area contributed by atoms with Crippen LogP contribution in [0.15, 0.2) is 48.5 Å². The summed E-state index contributed by atoms with van der Waals surface area (Å²) in [6.07, 6.45) is 1.94. The number of fused-ring (bicyclic) bond motifs is 2. The van der Waals surface area contributed by atoms with Gasteiger partial charge in [0.25, 0.3) is 0 Å². The molecule has 2 aliphatic heterocycles. The Labute approximate surface area is 158 Å². The van der Waals surface area contributed by atoms with Crippen molar-refractivity contribution in [3.05, 3.63) is 71.0 Å². The third-order valence-corrected chi connectivity index (χ3v) is 5.81. The van der Waals surface area contributed by atoms with Crippen LogP contribution in [0.25, 0.3) is 0 Å². The fraction of sp³-hybridized carbons (Fsp3) is 0.409. The van der Waals surface area contributed by atoms with Crippen molar-refractivity contribution < 1.29 is 19.0 Å². The number of aryl methyl sites for hydroxylation is 1. The summed E-state index contributed by atoms with van der Waals surface area (Å²) in [5.41, 5.74) is 0.958. The highest BCUT2D eigenvalue weighted by molar-refractivity contribution is 5.69. The van der Waals surface area contributed by atoms with Gasteiger partial charge in [-0.3, -0.25) is 0 Å². The maximum absolute atomic E-state index is 14.4. The van der Waals surface area contributed by atoms with E-state index in [-0.39, 0.29) is 30.6 Å². The van der Waals surface area contributed by atoms with E-state index in [1.807, 2.05) is 37.3 Å². The van der Waals surface area contributed by atoms with E-state index in [0.717, 1.165) is 24.0 Å². The van der Waals surface area contributed by atoms with Crippen molar-refractivity contribution in [3.63, 3.8) is 0 Å². The highest BCUT2D eigenvalue weighted by Crippen LogP contribution is 2.46. The zero-order valence-electron chi connectivity index (χ0n) is 15.4. The molecule has 4 nitrogen and oxygen atoms in total. The van der Waals surface area contributed by atoms with Crippen molar-refractivity contribution in [2.45, 2.75) is 56.9 Å². The number of carbonyl (C=O) groups excluding carboxylic acids is 1. The number of carbonyl (C=O) groups is 1. The van der Waals surface area contributed by atoms with Crippen molar-refractivity contribution in [1.82, 2.24) is 4.90 Å². The lowest BCUT2D eigenvalue weighted by Crippen LogP contribution is -2.52. The van der Waals surface area contributed by atoms with Crippen LogP contribution in [0.2, 0.25) is 0 Å². The number of amides is 1. The first-order valence-electron chi connectivity index (χ1n) is 9.44. The molecule has 2 aromatic carbocycles. The molecule has 2 unspecified atom stereocenters. The van der Waals surface area contributed by atoms with Gasteiger partial charge in [0.2, 0.25) is 0 Å². The van der Waals surface area contributed by atoms with Crippen molar-refractivity contribution in [2.24, 2.45) is 0 Å². The maximum atomic E-state index is 14.4. The molecule has 2 heterocycles. The first-order valence-corrected chi connectivity index (χ1v) is 9.44. The largest absolute Gasteiger partial charge is 0.445 e. The SMILES string of the molecule is Cc1ccc(F)c(C2(O)CC3CCC(C2)N3C(=O)OCc2ccccc2)c1. The van der Waals surface area contributed by atoms with Crippen LogP contribution >= 0.6 is 0 Å². The average Bonchev–Trinajstić information content (AvgIpc) is 2.95. The van der Waals surface area contributed by atoms with Gasteiger partial charge in [-0.05, 0) is 31.4 Å². The highest BCUT2D eigenvalue weighted by atomic mass is 19.1. The Morgan fingerprint density at radius 3 is 2.52 bits per heavy atom. The van der Waals surface area contributed by atoms with Gasteiger partial charge in [0.1, 0.15) is 12.4 Å². The van der Waals surface area contributed by atoms with E-state index in [0.29, 0.717) is 18.4 Å². The standard InChI is InChI=1S/C22H24FNO3/c1-15-7-10-20(23)19(11-15)22(26)12-17-8-9-18(13-22)24(17)21(25)27-14-16-5-3-2-4-6-16/h2-7,10-11,17-18,26H,8-9,12-14H2,1H3. The van der Waals surface area contributed by atoms with Gasteiger partial charge in [-0.25, -0.2) is 9.18 Å². The number of hydrogen-bond acceptors (Lipinski definition) is 3. The summed E-state index contributed by atoms with van der Waals surface area (Å²) in [5, 5.41) is 11.2. The van der Waals surface area contributed by atoms with Crippen LogP contribution in [0.4, 0.5) is 9.18 Å². The van der Waals surface area contributed by atoms with Gasteiger partial charge in [0.05, 0.1) is 5.60 Å². The van der Waals surface area contributed by atoms with Crippen LogP contribution in [0.3, 0.4) is 0 Å². The predicted octanol–water partition coefficient (Wildman–Crippen LogP) is 4.29. The van der Waals surface area contributed by atoms with Crippen LogP contribution in [0.5, 0.6) is 0 Å². The topological polar surface area (TPSA) is 49.8 Å². The molecule has 2 saturated heterocycles. The molecule has 0 saturated carbocycles. The molecule has 142 valence electrons. The average molecular weight is 369 g/mol. The molecule has 2 aliphatic rings. The molecule has 0 spiro atoms. The smallest absolute Gasteiger partial charge is 0.410 e. The van der Waals surface area contributed by atoms with Gasteiger partial charge < -0.3 is 14.7 Å². The minimum absolute atomic E-state index is 0.128. The zero-order valence-corrected chi connectivity index (χ0v) is 15.4. The van der Waals surface area contributed by atoms with Crippen LogP contribution in [-0.4, -0.2) is 28.2 Å². The summed E-state index contributed by atoms with van der Waals surface area (Å²) in [5.74, 6) is -0.386. The second-order valence-electron chi connectivity index (χ2n) is 7.76. The molecular formula is C22H24FNO3. The Morgan fingerprint density at radius 2 is 1.85 bits per heavy atom. The quantitative estimate of drug-likeness (QED) is 0.878. The number of ether oxygens (including phenoxy) is 1. The lowest BCUT2D eigenvalue weighted by Gasteiger charge is -2.43. The van der Waals surface area contributed by atoms with Crippen LogP contribution in [0, 0.1) is 12.7 Å². The molecule has 2 atom stereocenters. The van der Waals surface area contributed by atoms with E-state index in [9.17, 15) is 14.3 Å². The lowest BCUT2D eigenvalue weighted by atomic mass is 9.80. The van der Waals surface area contributed by atoms with Gasteiger partial charge in [-0.2, -0.15) is 0 Å². The summed E-state index contributed by atoms with van der Waals surface area (Å²) in [7, 11) is 0. The molecule has 0 aliphatic carbocycles. The second-order valence-corrected chi connectivity index (χ2v) is 7.76. The van der Waals surface area contributed by atoms with E-state index in [1.54, 1.807) is 17.0 Å². The summed E-state index contributed by atoms with van der Waals surface area (Å²) in [4.78, 5) is 14.4. The third-order valence-electron chi connectivity index (χ3n) is 5.81. The number of nitrogens with zero attached hydrogens (tertiary/aromatic N) is 1. The molecule has 0 radical (unpaired) electrons. The molecule has 1 amide bonds. The zero-order chi connectivity index (χ0) is 19.0. The van der Waals surface area contributed by atoms with Gasteiger partial charge in [0.15, 0.2) is 0 Å². The molecule has 2 aromatic rings. The summed E-state index contributed by atoms with van der Waals surface area (Å²) >= 11 is 0. The highest BCUT2D eigenvalue weighted by Gasteiger charge is 2.51.